The molecule has 1 rings (SSSR count). The lowest BCUT2D eigenvalue weighted by atomic mass is 10.0. The van der Waals surface area contributed by atoms with Crippen molar-refractivity contribution in [3.63, 3.8) is 0 Å². The highest BCUT2D eigenvalue weighted by molar-refractivity contribution is 4.83. The van der Waals surface area contributed by atoms with Crippen molar-refractivity contribution in [1.29, 1.82) is 0 Å². The number of hydrogen-bond donors (Lipinski definition) is 3. The Morgan fingerprint density at radius 2 is 2.09 bits per heavy atom. The molecule has 0 aromatic rings. The van der Waals surface area contributed by atoms with E-state index in [1.54, 1.807) is 0 Å². The first-order chi connectivity index (χ1) is 5.38. The van der Waals surface area contributed by atoms with Gasteiger partial charge < -0.3 is 16.8 Å². The Hall–Kier alpha value is -0.120. The molecular formula is C8H19N3. The molecule has 0 saturated heterocycles. The second kappa shape index (κ2) is 4.70. The summed E-state index contributed by atoms with van der Waals surface area (Å²) >= 11 is 0. The Morgan fingerprint density at radius 1 is 1.27 bits per heavy atom. The third-order valence-corrected chi connectivity index (χ3v) is 2.51. The topological polar surface area (TPSA) is 64.1 Å². The molecule has 0 aliphatic heterocycles. The first kappa shape index (κ1) is 8.97. The van der Waals surface area contributed by atoms with Gasteiger partial charge in [-0.2, -0.15) is 0 Å². The molecule has 0 heterocycles. The summed E-state index contributed by atoms with van der Waals surface area (Å²) in [4.78, 5) is 0. The predicted molar refractivity (Wildman–Crippen MR) is 47.2 cm³/mol. The molecule has 66 valence electrons. The van der Waals surface area contributed by atoms with Gasteiger partial charge >= 0.3 is 0 Å². The SMILES string of the molecule is NCCNC1CCCC1CN. The van der Waals surface area contributed by atoms with Crippen LogP contribution < -0.4 is 16.8 Å². The zero-order chi connectivity index (χ0) is 8.10. The van der Waals surface area contributed by atoms with E-state index < -0.39 is 0 Å². The van der Waals surface area contributed by atoms with E-state index in [0.29, 0.717) is 12.0 Å². The van der Waals surface area contributed by atoms with Gasteiger partial charge in [-0.15, -0.1) is 0 Å². The van der Waals surface area contributed by atoms with E-state index in [4.69, 9.17) is 11.5 Å². The Balaban J connectivity index is 2.20. The van der Waals surface area contributed by atoms with E-state index in [-0.39, 0.29) is 0 Å². The van der Waals surface area contributed by atoms with E-state index in [2.05, 4.69) is 5.32 Å². The van der Waals surface area contributed by atoms with Crippen molar-refractivity contribution < 1.29 is 0 Å². The maximum Gasteiger partial charge on any atom is 0.0108 e. The molecule has 1 saturated carbocycles. The van der Waals surface area contributed by atoms with E-state index in [9.17, 15) is 0 Å². The minimum Gasteiger partial charge on any atom is -0.330 e. The summed E-state index contributed by atoms with van der Waals surface area (Å²) in [6.07, 6.45) is 3.89. The fourth-order valence-corrected chi connectivity index (χ4v) is 1.86. The minimum absolute atomic E-state index is 0.642. The van der Waals surface area contributed by atoms with Crippen LogP contribution in [0.5, 0.6) is 0 Å². The van der Waals surface area contributed by atoms with Gasteiger partial charge in [-0.25, -0.2) is 0 Å². The van der Waals surface area contributed by atoms with Crippen LogP contribution >= 0.6 is 0 Å². The summed E-state index contributed by atoms with van der Waals surface area (Å²) in [5.41, 5.74) is 11.0. The molecule has 0 radical (unpaired) electrons. The molecule has 3 nitrogen and oxygen atoms in total. The molecule has 3 heteroatoms. The Kier molecular flexibility index (Phi) is 3.83. The summed E-state index contributed by atoms with van der Waals surface area (Å²) in [6.45, 7) is 2.48. The maximum absolute atomic E-state index is 5.62. The van der Waals surface area contributed by atoms with Crippen LogP contribution in [0.2, 0.25) is 0 Å². The first-order valence-electron chi connectivity index (χ1n) is 4.52. The van der Waals surface area contributed by atoms with E-state index in [0.717, 1.165) is 19.6 Å². The number of nitrogens with one attached hydrogen (secondary N) is 1. The van der Waals surface area contributed by atoms with E-state index >= 15 is 0 Å². The standard InChI is InChI=1S/C8H19N3/c9-4-5-11-8-3-1-2-7(8)6-10/h7-8,11H,1-6,9-10H2. The monoisotopic (exact) mass is 157 g/mol. The molecule has 1 aliphatic rings. The molecule has 2 unspecified atom stereocenters. The molecule has 1 fully saturated rings. The minimum atomic E-state index is 0.642. The van der Waals surface area contributed by atoms with Crippen molar-refractivity contribution in [3.05, 3.63) is 0 Å². The van der Waals surface area contributed by atoms with Crippen LogP contribution in [0.15, 0.2) is 0 Å². The molecule has 11 heavy (non-hydrogen) atoms. The molecule has 0 bridgehead atoms. The summed E-state index contributed by atoms with van der Waals surface area (Å²) in [5.74, 6) is 0.696. The van der Waals surface area contributed by atoms with Gasteiger partial charge in [-0.05, 0) is 25.3 Å². The van der Waals surface area contributed by atoms with Crippen LogP contribution in [0, 0.1) is 5.92 Å². The number of hydrogen-bond acceptors (Lipinski definition) is 3. The van der Waals surface area contributed by atoms with Crippen LogP contribution in [0.4, 0.5) is 0 Å². The second-order valence-electron chi connectivity index (χ2n) is 3.28. The third-order valence-electron chi connectivity index (χ3n) is 2.51. The second-order valence-corrected chi connectivity index (χ2v) is 3.28. The van der Waals surface area contributed by atoms with Gasteiger partial charge in [-0.1, -0.05) is 6.42 Å². The van der Waals surface area contributed by atoms with Crippen molar-refractivity contribution >= 4 is 0 Å². The van der Waals surface area contributed by atoms with Gasteiger partial charge in [0.05, 0.1) is 0 Å². The van der Waals surface area contributed by atoms with Gasteiger partial charge in [0.25, 0.3) is 0 Å². The van der Waals surface area contributed by atoms with Crippen LogP contribution in [0.25, 0.3) is 0 Å². The van der Waals surface area contributed by atoms with Gasteiger partial charge in [0.15, 0.2) is 0 Å². The fraction of sp³-hybridized carbons (Fsp3) is 1.00. The Labute approximate surface area is 68.5 Å². The highest BCUT2D eigenvalue weighted by Gasteiger charge is 2.24. The van der Waals surface area contributed by atoms with Crippen molar-refractivity contribution in [3.8, 4) is 0 Å². The van der Waals surface area contributed by atoms with Gasteiger partial charge in [0.2, 0.25) is 0 Å². The normalized spacial score (nSPS) is 31.1. The molecule has 0 aromatic heterocycles. The van der Waals surface area contributed by atoms with E-state index in [1.165, 1.54) is 19.3 Å². The molecule has 2 atom stereocenters. The van der Waals surface area contributed by atoms with Crippen LogP contribution in [0.3, 0.4) is 0 Å². The zero-order valence-corrected chi connectivity index (χ0v) is 7.05. The van der Waals surface area contributed by atoms with Crippen LogP contribution in [-0.2, 0) is 0 Å². The lowest BCUT2D eigenvalue weighted by Crippen LogP contribution is -2.38. The highest BCUT2D eigenvalue weighted by atomic mass is 14.9. The average molecular weight is 157 g/mol. The number of nitrogens with two attached hydrogens (primary N) is 2. The van der Waals surface area contributed by atoms with E-state index in [1.807, 2.05) is 0 Å². The summed E-state index contributed by atoms with van der Waals surface area (Å²) in [7, 11) is 0. The van der Waals surface area contributed by atoms with Crippen LogP contribution in [0.1, 0.15) is 19.3 Å². The predicted octanol–water partition coefficient (Wildman–Crippen LogP) is -0.338. The first-order valence-corrected chi connectivity index (χ1v) is 4.52. The van der Waals surface area contributed by atoms with Crippen molar-refractivity contribution in [2.45, 2.75) is 25.3 Å². The molecule has 5 N–H and O–H groups in total. The highest BCUT2D eigenvalue weighted by Crippen LogP contribution is 2.24. The fourth-order valence-electron chi connectivity index (χ4n) is 1.86. The van der Waals surface area contributed by atoms with Gasteiger partial charge in [0.1, 0.15) is 0 Å². The quantitative estimate of drug-likeness (QED) is 0.523. The van der Waals surface area contributed by atoms with Gasteiger partial charge in [0, 0.05) is 19.1 Å². The Morgan fingerprint density at radius 3 is 2.73 bits per heavy atom. The lowest BCUT2D eigenvalue weighted by Gasteiger charge is -2.18. The van der Waals surface area contributed by atoms with Crippen molar-refractivity contribution in [1.82, 2.24) is 5.32 Å². The average Bonchev–Trinajstić information content (AvgIpc) is 2.47. The maximum atomic E-state index is 5.62. The number of rotatable bonds is 4. The molecule has 0 spiro atoms. The summed E-state index contributed by atoms with van der Waals surface area (Å²) < 4.78 is 0. The molecule has 1 aliphatic carbocycles. The van der Waals surface area contributed by atoms with Crippen LogP contribution in [-0.4, -0.2) is 25.7 Å². The summed E-state index contributed by atoms with van der Waals surface area (Å²) in [6, 6.07) is 0.642. The smallest absolute Gasteiger partial charge is 0.0108 e. The molecule has 0 aromatic carbocycles. The zero-order valence-electron chi connectivity index (χ0n) is 7.05. The van der Waals surface area contributed by atoms with Crippen molar-refractivity contribution in [2.24, 2.45) is 17.4 Å². The van der Waals surface area contributed by atoms with Crippen molar-refractivity contribution in [2.75, 3.05) is 19.6 Å². The Bertz CT molecular complexity index is 106. The molecule has 0 amide bonds. The summed E-state index contributed by atoms with van der Waals surface area (Å²) in [5, 5.41) is 3.43. The third kappa shape index (κ3) is 2.43. The van der Waals surface area contributed by atoms with Gasteiger partial charge in [-0.3, -0.25) is 0 Å². The molecular weight excluding hydrogens is 138 g/mol. The largest absolute Gasteiger partial charge is 0.330 e. The lowest BCUT2D eigenvalue weighted by molar-refractivity contribution is 0.412.